The summed E-state index contributed by atoms with van der Waals surface area (Å²) in [5, 5.41) is 8.36. The third kappa shape index (κ3) is 1.18. The summed E-state index contributed by atoms with van der Waals surface area (Å²) >= 11 is 0. The Labute approximate surface area is 47.6 Å². The SMILES string of the molecule is O=[C]NC1NCCN1. The van der Waals surface area contributed by atoms with Gasteiger partial charge in [0.25, 0.3) is 0 Å². The summed E-state index contributed by atoms with van der Waals surface area (Å²) < 4.78 is 0. The molecule has 3 N–H and O–H groups in total. The van der Waals surface area contributed by atoms with Crippen LogP contribution < -0.4 is 16.0 Å². The molecule has 4 heteroatoms. The van der Waals surface area contributed by atoms with Gasteiger partial charge in [-0.25, -0.2) is 0 Å². The molecular formula is C4H8N3O. The average molecular weight is 114 g/mol. The summed E-state index contributed by atoms with van der Waals surface area (Å²) in [5.41, 5.74) is 0. The minimum atomic E-state index is -0.0625. The number of hydrogen-bond donors (Lipinski definition) is 3. The van der Waals surface area contributed by atoms with Crippen molar-refractivity contribution in [2.75, 3.05) is 13.1 Å². The van der Waals surface area contributed by atoms with Crippen LogP contribution in [0.2, 0.25) is 0 Å². The molecule has 45 valence electrons. The van der Waals surface area contributed by atoms with Gasteiger partial charge in [-0.05, 0) is 0 Å². The lowest BCUT2D eigenvalue weighted by atomic mass is 10.7. The summed E-state index contributed by atoms with van der Waals surface area (Å²) in [6.07, 6.45) is 1.52. The zero-order chi connectivity index (χ0) is 5.82. The molecule has 0 saturated carbocycles. The first-order valence-corrected chi connectivity index (χ1v) is 2.53. The maximum atomic E-state index is 9.64. The number of nitrogens with one attached hydrogen (secondary N) is 3. The minimum Gasteiger partial charge on any atom is -0.320 e. The molecule has 1 aliphatic heterocycles. The van der Waals surface area contributed by atoms with Crippen molar-refractivity contribution in [3.8, 4) is 0 Å². The van der Waals surface area contributed by atoms with Crippen LogP contribution in [0.15, 0.2) is 0 Å². The Bertz CT molecular complexity index is 79.4. The summed E-state index contributed by atoms with van der Waals surface area (Å²) in [6, 6.07) is 0. The van der Waals surface area contributed by atoms with Gasteiger partial charge in [0.15, 0.2) is 0 Å². The highest BCUT2D eigenvalue weighted by Gasteiger charge is 2.09. The molecule has 0 unspecified atom stereocenters. The second kappa shape index (κ2) is 2.64. The maximum Gasteiger partial charge on any atom is 0.311 e. The molecule has 0 aromatic heterocycles. The average Bonchev–Trinajstić information content (AvgIpc) is 2.19. The van der Waals surface area contributed by atoms with Crippen molar-refractivity contribution >= 4 is 6.41 Å². The number of rotatable bonds is 2. The van der Waals surface area contributed by atoms with Crippen molar-refractivity contribution in [3.05, 3.63) is 0 Å². The predicted molar refractivity (Wildman–Crippen MR) is 28.6 cm³/mol. The van der Waals surface area contributed by atoms with E-state index in [4.69, 9.17) is 0 Å². The lowest BCUT2D eigenvalue weighted by Gasteiger charge is -2.05. The smallest absolute Gasteiger partial charge is 0.311 e. The molecule has 1 rings (SSSR count). The highest BCUT2D eigenvalue weighted by Crippen LogP contribution is 1.75. The van der Waals surface area contributed by atoms with Gasteiger partial charge < -0.3 is 5.32 Å². The molecule has 1 amide bonds. The third-order valence-electron chi connectivity index (χ3n) is 1.03. The molecule has 0 aliphatic carbocycles. The van der Waals surface area contributed by atoms with Crippen LogP contribution in [0, 0.1) is 0 Å². The van der Waals surface area contributed by atoms with Gasteiger partial charge in [0, 0.05) is 13.1 Å². The van der Waals surface area contributed by atoms with Crippen molar-refractivity contribution < 1.29 is 4.79 Å². The van der Waals surface area contributed by atoms with E-state index in [1.807, 2.05) is 0 Å². The van der Waals surface area contributed by atoms with Crippen molar-refractivity contribution in [1.29, 1.82) is 0 Å². The van der Waals surface area contributed by atoms with E-state index in [-0.39, 0.29) is 6.29 Å². The standard InChI is InChI=1S/C4H8N3O/c8-3-7-4-5-1-2-6-4/h4-6H,1-2H2,(H,7,8). The number of carbonyl (C=O) groups excluding carboxylic acids is 1. The van der Waals surface area contributed by atoms with E-state index in [1.54, 1.807) is 6.41 Å². The number of amides is 1. The molecule has 0 aromatic carbocycles. The van der Waals surface area contributed by atoms with E-state index in [0.29, 0.717) is 0 Å². The third-order valence-corrected chi connectivity index (χ3v) is 1.03. The van der Waals surface area contributed by atoms with Gasteiger partial charge in [-0.3, -0.25) is 15.4 Å². The maximum absolute atomic E-state index is 9.64. The van der Waals surface area contributed by atoms with E-state index in [1.165, 1.54) is 0 Å². The molecule has 1 radical (unpaired) electrons. The quantitative estimate of drug-likeness (QED) is 0.368. The summed E-state index contributed by atoms with van der Waals surface area (Å²) in [4.78, 5) is 9.64. The summed E-state index contributed by atoms with van der Waals surface area (Å²) in [7, 11) is 0. The van der Waals surface area contributed by atoms with Crippen LogP contribution >= 0.6 is 0 Å². The van der Waals surface area contributed by atoms with Gasteiger partial charge in [0.2, 0.25) is 0 Å². The molecule has 0 spiro atoms. The van der Waals surface area contributed by atoms with Crippen LogP contribution in [0.25, 0.3) is 0 Å². The normalized spacial score (nSPS) is 21.0. The Morgan fingerprint density at radius 3 is 2.62 bits per heavy atom. The van der Waals surface area contributed by atoms with E-state index < -0.39 is 0 Å². The van der Waals surface area contributed by atoms with Gasteiger partial charge >= 0.3 is 6.41 Å². The summed E-state index contributed by atoms with van der Waals surface area (Å²) in [6.45, 7) is 1.80. The Balaban J connectivity index is 2.14. The second-order valence-corrected chi connectivity index (χ2v) is 1.59. The fourth-order valence-electron chi connectivity index (χ4n) is 0.666. The molecule has 1 saturated heterocycles. The first-order valence-electron chi connectivity index (χ1n) is 2.53. The Morgan fingerprint density at radius 1 is 1.50 bits per heavy atom. The molecule has 4 nitrogen and oxygen atoms in total. The van der Waals surface area contributed by atoms with Crippen LogP contribution in [-0.4, -0.2) is 25.8 Å². The van der Waals surface area contributed by atoms with Crippen LogP contribution in [0.5, 0.6) is 0 Å². The molecule has 8 heavy (non-hydrogen) atoms. The Hall–Kier alpha value is -0.610. The first-order chi connectivity index (χ1) is 3.93. The fraction of sp³-hybridized carbons (Fsp3) is 0.750. The molecular weight excluding hydrogens is 106 g/mol. The molecule has 1 heterocycles. The molecule has 0 bridgehead atoms. The van der Waals surface area contributed by atoms with E-state index >= 15 is 0 Å². The molecule has 1 fully saturated rings. The molecule has 1 aliphatic rings. The molecule has 0 aromatic rings. The highest BCUT2D eigenvalue weighted by atomic mass is 16.1. The van der Waals surface area contributed by atoms with Crippen LogP contribution in [0.4, 0.5) is 0 Å². The van der Waals surface area contributed by atoms with E-state index in [2.05, 4.69) is 16.0 Å². The van der Waals surface area contributed by atoms with Crippen LogP contribution in [0.3, 0.4) is 0 Å². The second-order valence-electron chi connectivity index (χ2n) is 1.59. The van der Waals surface area contributed by atoms with Gasteiger partial charge in [-0.15, -0.1) is 0 Å². The lowest BCUT2D eigenvalue weighted by molar-refractivity contribution is 0.479. The van der Waals surface area contributed by atoms with Gasteiger partial charge in [-0.2, -0.15) is 0 Å². The van der Waals surface area contributed by atoms with Crippen LogP contribution in [-0.2, 0) is 4.79 Å². The number of hydrogen-bond acceptors (Lipinski definition) is 3. The fourth-order valence-corrected chi connectivity index (χ4v) is 0.666. The topological polar surface area (TPSA) is 53.2 Å². The minimum absolute atomic E-state index is 0.0625. The lowest BCUT2D eigenvalue weighted by Crippen LogP contribution is -2.44. The van der Waals surface area contributed by atoms with E-state index in [0.717, 1.165) is 13.1 Å². The van der Waals surface area contributed by atoms with Crippen molar-refractivity contribution in [3.63, 3.8) is 0 Å². The van der Waals surface area contributed by atoms with E-state index in [9.17, 15) is 4.79 Å². The Kier molecular flexibility index (Phi) is 1.82. The first kappa shape index (κ1) is 5.53. The van der Waals surface area contributed by atoms with Gasteiger partial charge in [-0.1, -0.05) is 0 Å². The zero-order valence-electron chi connectivity index (χ0n) is 4.40. The zero-order valence-corrected chi connectivity index (χ0v) is 4.40. The largest absolute Gasteiger partial charge is 0.320 e. The van der Waals surface area contributed by atoms with Crippen LogP contribution in [0.1, 0.15) is 0 Å². The highest BCUT2D eigenvalue weighted by molar-refractivity contribution is 5.47. The van der Waals surface area contributed by atoms with Gasteiger partial charge in [0.05, 0.1) is 0 Å². The Morgan fingerprint density at radius 2 is 2.12 bits per heavy atom. The van der Waals surface area contributed by atoms with Gasteiger partial charge in [0.1, 0.15) is 6.29 Å². The van der Waals surface area contributed by atoms with Crippen molar-refractivity contribution in [1.82, 2.24) is 16.0 Å². The van der Waals surface area contributed by atoms with Crippen molar-refractivity contribution in [2.45, 2.75) is 6.29 Å². The molecule has 0 atom stereocenters. The predicted octanol–water partition coefficient (Wildman–Crippen LogP) is -1.88. The monoisotopic (exact) mass is 114 g/mol. The summed E-state index contributed by atoms with van der Waals surface area (Å²) in [5.74, 6) is 0. The van der Waals surface area contributed by atoms with Crippen molar-refractivity contribution in [2.24, 2.45) is 0 Å².